The first-order valence-corrected chi connectivity index (χ1v) is 5.57. The highest BCUT2D eigenvalue weighted by Crippen LogP contribution is 2.22. The van der Waals surface area contributed by atoms with Gasteiger partial charge in [-0.1, -0.05) is 0 Å². The molecule has 0 N–H and O–H groups in total. The van der Waals surface area contributed by atoms with Gasteiger partial charge in [0.05, 0.1) is 11.5 Å². The number of nitro benzene ring substituents is 1. The van der Waals surface area contributed by atoms with Crippen LogP contribution in [0.1, 0.15) is 12.5 Å². The van der Waals surface area contributed by atoms with Crippen molar-refractivity contribution in [1.29, 1.82) is 0 Å². The van der Waals surface area contributed by atoms with Crippen LogP contribution in [0.5, 0.6) is 0 Å². The van der Waals surface area contributed by atoms with Crippen LogP contribution in [-0.4, -0.2) is 31.1 Å². The SMILES string of the molecule is CCOC(=O)CN(C)c1cc(C)cc([N+](=O)[O-])c1. The third-order valence-electron chi connectivity index (χ3n) is 2.37. The van der Waals surface area contributed by atoms with Gasteiger partial charge in [-0.3, -0.25) is 14.9 Å². The van der Waals surface area contributed by atoms with Crippen LogP contribution in [0.3, 0.4) is 0 Å². The Bertz CT molecular complexity index is 459. The van der Waals surface area contributed by atoms with Gasteiger partial charge in [-0.15, -0.1) is 0 Å². The van der Waals surface area contributed by atoms with E-state index < -0.39 is 4.92 Å². The van der Waals surface area contributed by atoms with E-state index in [0.29, 0.717) is 12.3 Å². The van der Waals surface area contributed by atoms with E-state index in [1.165, 1.54) is 12.1 Å². The Labute approximate surface area is 105 Å². The molecular formula is C12H16N2O4. The Morgan fingerprint density at radius 1 is 1.44 bits per heavy atom. The molecule has 1 aromatic carbocycles. The quantitative estimate of drug-likeness (QED) is 0.454. The van der Waals surface area contributed by atoms with Gasteiger partial charge < -0.3 is 9.64 Å². The summed E-state index contributed by atoms with van der Waals surface area (Å²) in [4.78, 5) is 23.3. The van der Waals surface area contributed by atoms with Gasteiger partial charge in [-0.05, 0) is 25.5 Å². The normalized spacial score (nSPS) is 9.94. The number of carbonyl (C=O) groups is 1. The lowest BCUT2D eigenvalue weighted by Gasteiger charge is -2.18. The number of nitro groups is 1. The second-order valence-corrected chi connectivity index (χ2v) is 3.94. The van der Waals surface area contributed by atoms with Gasteiger partial charge in [-0.2, -0.15) is 0 Å². The number of nitrogens with zero attached hydrogens (tertiary/aromatic N) is 2. The molecule has 0 aromatic heterocycles. The van der Waals surface area contributed by atoms with Crippen molar-refractivity contribution in [2.75, 3.05) is 25.1 Å². The zero-order chi connectivity index (χ0) is 13.7. The van der Waals surface area contributed by atoms with Crippen molar-refractivity contribution in [3.8, 4) is 0 Å². The molecule has 0 saturated heterocycles. The van der Waals surface area contributed by atoms with E-state index in [1.54, 1.807) is 31.9 Å². The summed E-state index contributed by atoms with van der Waals surface area (Å²) in [5, 5.41) is 10.7. The summed E-state index contributed by atoms with van der Waals surface area (Å²) in [5.41, 5.74) is 1.41. The highest BCUT2D eigenvalue weighted by Gasteiger charge is 2.13. The van der Waals surface area contributed by atoms with Gasteiger partial charge in [0.15, 0.2) is 0 Å². The molecule has 0 aliphatic carbocycles. The summed E-state index contributed by atoms with van der Waals surface area (Å²) in [5.74, 6) is -0.357. The molecular weight excluding hydrogens is 236 g/mol. The van der Waals surface area contributed by atoms with Gasteiger partial charge in [0, 0.05) is 24.9 Å². The van der Waals surface area contributed by atoms with Crippen LogP contribution in [0.25, 0.3) is 0 Å². The molecule has 1 aromatic rings. The van der Waals surface area contributed by atoms with Gasteiger partial charge >= 0.3 is 5.97 Å². The van der Waals surface area contributed by atoms with Crippen molar-refractivity contribution in [2.45, 2.75) is 13.8 Å². The maximum absolute atomic E-state index is 11.3. The predicted octanol–water partition coefficient (Wildman–Crippen LogP) is 1.90. The number of carbonyl (C=O) groups excluding carboxylic acids is 1. The van der Waals surface area contributed by atoms with E-state index in [1.807, 2.05) is 0 Å². The molecule has 6 nitrogen and oxygen atoms in total. The van der Waals surface area contributed by atoms with Crippen molar-refractivity contribution >= 4 is 17.3 Å². The van der Waals surface area contributed by atoms with Crippen LogP contribution in [-0.2, 0) is 9.53 Å². The first-order valence-electron chi connectivity index (χ1n) is 5.57. The Kier molecular flexibility index (Phi) is 4.65. The standard InChI is InChI=1S/C12H16N2O4/c1-4-18-12(15)8-13(3)10-5-9(2)6-11(7-10)14(16)17/h5-7H,4,8H2,1-3H3. The lowest BCUT2D eigenvalue weighted by Crippen LogP contribution is -2.27. The molecule has 18 heavy (non-hydrogen) atoms. The average molecular weight is 252 g/mol. The van der Waals surface area contributed by atoms with Gasteiger partial charge in [0.1, 0.15) is 6.54 Å². The molecule has 0 unspecified atom stereocenters. The van der Waals surface area contributed by atoms with Crippen molar-refractivity contribution in [3.63, 3.8) is 0 Å². The fourth-order valence-corrected chi connectivity index (χ4v) is 1.56. The fraction of sp³-hybridized carbons (Fsp3) is 0.417. The van der Waals surface area contributed by atoms with E-state index in [4.69, 9.17) is 4.74 Å². The molecule has 0 aliphatic heterocycles. The zero-order valence-electron chi connectivity index (χ0n) is 10.7. The van der Waals surface area contributed by atoms with E-state index in [-0.39, 0.29) is 18.2 Å². The first kappa shape index (κ1) is 14.0. The van der Waals surface area contributed by atoms with Gasteiger partial charge in [-0.25, -0.2) is 0 Å². The molecule has 0 atom stereocenters. The molecule has 0 amide bonds. The molecule has 0 bridgehead atoms. The third kappa shape index (κ3) is 3.73. The van der Waals surface area contributed by atoms with Crippen LogP contribution < -0.4 is 4.90 Å². The van der Waals surface area contributed by atoms with Crippen molar-refractivity contribution in [2.24, 2.45) is 0 Å². The number of non-ortho nitro benzene ring substituents is 1. The number of hydrogen-bond acceptors (Lipinski definition) is 5. The number of rotatable bonds is 5. The van der Waals surface area contributed by atoms with Crippen molar-refractivity contribution in [3.05, 3.63) is 33.9 Å². The summed E-state index contributed by atoms with van der Waals surface area (Å²) in [6.07, 6.45) is 0. The highest BCUT2D eigenvalue weighted by atomic mass is 16.6. The molecule has 0 spiro atoms. The maximum atomic E-state index is 11.3. The van der Waals surface area contributed by atoms with E-state index >= 15 is 0 Å². The van der Waals surface area contributed by atoms with Gasteiger partial charge in [0.25, 0.3) is 5.69 Å². The molecule has 1 rings (SSSR count). The number of anilines is 1. The summed E-state index contributed by atoms with van der Waals surface area (Å²) in [7, 11) is 1.69. The number of esters is 1. The molecule has 0 aliphatic rings. The number of likely N-dealkylation sites (N-methyl/N-ethyl adjacent to an activating group) is 1. The van der Waals surface area contributed by atoms with Crippen LogP contribution in [0.2, 0.25) is 0 Å². The molecule has 0 heterocycles. The minimum Gasteiger partial charge on any atom is -0.465 e. The average Bonchev–Trinajstić information content (AvgIpc) is 2.28. The highest BCUT2D eigenvalue weighted by molar-refractivity contribution is 5.76. The van der Waals surface area contributed by atoms with Crippen molar-refractivity contribution in [1.82, 2.24) is 0 Å². The Balaban J connectivity index is 2.88. The van der Waals surface area contributed by atoms with Crippen LogP contribution in [0.4, 0.5) is 11.4 Å². The smallest absolute Gasteiger partial charge is 0.325 e. The number of benzene rings is 1. The van der Waals surface area contributed by atoms with E-state index in [0.717, 1.165) is 5.56 Å². The Hall–Kier alpha value is -2.11. The van der Waals surface area contributed by atoms with Gasteiger partial charge in [0.2, 0.25) is 0 Å². The van der Waals surface area contributed by atoms with Crippen LogP contribution in [0, 0.1) is 17.0 Å². The Morgan fingerprint density at radius 3 is 2.67 bits per heavy atom. The summed E-state index contributed by atoms with van der Waals surface area (Å²) in [6, 6.07) is 4.71. The predicted molar refractivity (Wildman–Crippen MR) is 67.7 cm³/mol. The second-order valence-electron chi connectivity index (χ2n) is 3.94. The number of hydrogen-bond donors (Lipinski definition) is 0. The molecule has 0 saturated carbocycles. The maximum Gasteiger partial charge on any atom is 0.325 e. The van der Waals surface area contributed by atoms with Crippen LogP contribution >= 0.6 is 0 Å². The molecule has 0 radical (unpaired) electrons. The van der Waals surface area contributed by atoms with Crippen molar-refractivity contribution < 1.29 is 14.5 Å². The third-order valence-corrected chi connectivity index (χ3v) is 2.37. The molecule has 0 fully saturated rings. The lowest BCUT2D eigenvalue weighted by molar-refractivity contribution is -0.384. The zero-order valence-corrected chi connectivity index (χ0v) is 10.7. The number of ether oxygens (including phenoxy) is 1. The summed E-state index contributed by atoms with van der Waals surface area (Å²) in [6.45, 7) is 3.89. The summed E-state index contributed by atoms with van der Waals surface area (Å²) < 4.78 is 4.83. The number of aryl methyl sites for hydroxylation is 1. The first-order chi connectivity index (χ1) is 8.43. The molecule has 98 valence electrons. The summed E-state index contributed by atoms with van der Waals surface area (Å²) >= 11 is 0. The fourth-order valence-electron chi connectivity index (χ4n) is 1.56. The lowest BCUT2D eigenvalue weighted by atomic mass is 10.2. The monoisotopic (exact) mass is 252 g/mol. The minimum atomic E-state index is -0.450. The largest absolute Gasteiger partial charge is 0.465 e. The molecule has 6 heteroatoms. The topological polar surface area (TPSA) is 72.7 Å². The Morgan fingerprint density at radius 2 is 2.11 bits per heavy atom. The van der Waals surface area contributed by atoms with Crippen LogP contribution in [0.15, 0.2) is 18.2 Å². The van der Waals surface area contributed by atoms with E-state index in [9.17, 15) is 14.9 Å². The second kappa shape index (κ2) is 6.00. The van der Waals surface area contributed by atoms with E-state index in [2.05, 4.69) is 0 Å². The minimum absolute atomic E-state index is 0.0145.